The van der Waals surface area contributed by atoms with Crippen LogP contribution in [0, 0.1) is 5.92 Å². The average Bonchev–Trinajstić information content (AvgIpc) is 3.43. The summed E-state index contributed by atoms with van der Waals surface area (Å²) in [5.41, 5.74) is 5.49. The molecule has 3 aliphatic rings. The number of benzene rings is 1. The van der Waals surface area contributed by atoms with Crippen LogP contribution in [-0.4, -0.2) is 18.0 Å². The van der Waals surface area contributed by atoms with Crippen LogP contribution in [0.15, 0.2) is 64.1 Å². The zero-order chi connectivity index (χ0) is 19.4. The molecule has 2 aromatic rings. The maximum Gasteiger partial charge on any atom is 0.257 e. The van der Waals surface area contributed by atoms with Gasteiger partial charge >= 0.3 is 0 Å². The average molecular weight is 392 g/mol. The summed E-state index contributed by atoms with van der Waals surface area (Å²) in [5.74, 6) is -0.0717. The summed E-state index contributed by atoms with van der Waals surface area (Å²) < 4.78 is 6.08. The van der Waals surface area contributed by atoms with E-state index in [2.05, 4.69) is 17.4 Å². The van der Waals surface area contributed by atoms with E-state index in [1.54, 1.807) is 11.2 Å². The molecule has 1 fully saturated rings. The summed E-state index contributed by atoms with van der Waals surface area (Å²) in [6.45, 7) is 3.73. The summed E-state index contributed by atoms with van der Waals surface area (Å²) in [7, 11) is 0. The number of nitrogens with one attached hydrogen (secondary N) is 1. The summed E-state index contributed by atoms with van der Waals surface area (Å²) >= 11 is 1.53. The number of hydrogen-bond donors (Lipinski definition) is 1. The second-order valence-corrected chi connectivity index (χ2v) is 8.27. The van der Waals surface area contributed by atoms with Crippen molar-refractivity contribution >= 4 is 28.8 Å². The second-order valence-electron chi connectivity index (χ2n) is 7.49. The van der Waals surface area contributed by atoms with Crippen molar-refractivity contribution in [1.82, 2.24) is 5.32 Å². The van der Waals surface area contributed by atoms with Crippen molar-refractivity contribution < 1.29 is 14.3 Å². The Hall–Kier alpha value is -2.86. The lowest BCUT2D eigenvalue weighted by molar-refractivity contribution is -0.116. The third kappa shape index (κ3) is 2.44. The number of carbonyl (C=O) groups is 2. The molecule has 0 saturated carbocycles. The van der Waals surface area contributed by atoms with Gasteiger partial charge in [0, 0.05) is 16.9 Å². The Morgan fingerprint density at radius 3 is 2.82 bits per heavy atom. The number of ether oxygens (including phenoxy) is 1. The summed E-state index contributed by atoms with van der Waals surface area (Å²) in [5, 5.41) is 6.95. The number of nitrogens with zero attached hydrogens (tertiary/aromatic N) is 1. The van der Waals surface area contributed by atoms with Gasteiger partial charge in [0.15, 0.2) is 0 Å². The third-order valence-corrected chi connectivity index (χ3v) is 6.70. The summed E-state index contributed by atoms with van der Waals surface area (Å²) in [6, 6.07) is 10.1. The van der Waals surface area contributed by atoms with Crippen LogP contribution >= 0.6 is 11.3 Å². The highest BCUT2D eigenvalue weighted by Crippen LogP contribution is 2.44. The molecule has 5 rings (SSSR count). The Morgan fingerprint density at radius 1 is 1.21 bits per heavy atom. The van der Waals surface area contributed by atoms with Crippen molar-refractivity contribution in [3.8, 4) is 0 Å². The fourth-order valence-electron chi connectivity index (χ4n) is 4.38. The Morgan fingerprint density at radius 2 is 2.04 bits per heavy atom. The van der Waals surface area contributed by atoms with Gasteiger partial charge in [-0.15, -0.1) is 0 Å². The Bertz CT molecular complexity index is 1040. The minimum atomic E-state index is -0.523. The zero-order valence-electron chi connectivity index (χ0n) is 15.6. The molecule has 3 atom stereocenters. The monoisotopic (exact) mass is 392 g/mol. The number of hydrogen-bond acceptors (Lipinski definition) is 4. The number of fused-ring (bicyclic) bond motifs is 3. The highest BCUT2D eigenvalue weighted by Gasteiger charge is 2.44. The quantitative estimate of drug-likeness (QED) is 0.640. The first-order chi connectivity index (χ1) is 13.6. The largest absolute Gasteiger partial charge is 0.473 e. The molecule has 1 saturated heterocycles. The summed E-state index contributed by atoms with van der Waals surface area (Å²) in [6.07, 6.45) is 1.87. The van der Waals surface area contributed by atoms with Crippen molar-refractivity contribution in [1.29, 1.82) is 0 Å². The first-order valence-electron chi connectivity index (χ1n) is 9.33. The van der Waals surface area contributed by atoms with Crippen molar-refractivity contribution in [3.05, 3.63) is 75.2 Å². The van der Waals surface area contributed by atoms with Gasteiger partial charge in [0.05, 0.1) is 23.6 Å². The van der Waals surface area contributed by atoms with E-state index < -0.39 is 6.23 Å². The SMILES string of the molecule is CC1=C(C)C(O/C=C2/C(=O)NC3c4ccccc4CC23)N(c2ccsc2)C1=O. The van der Waals surface area contributed by atoms with E-state index in [-0.39, 0.29) is 23.8 Å². The number of amides is 2. The van der Waals surface area contributed by atoms with Crippen LogP contribution in [0.2, 0.25) is 0 Å². The van der Waals surface area contributed by atoms with E-state index in [0.717, 1.165) is 17.7 Å². The molecule has 0 radical (unpaired) electrons. The molecule has 2 aliphatic heterocycles. The van der Waals surface area contributed by atoms with Gasteiger partial charge in [0.25, 0.3) is 11.8 Å². The van der Waals surface area contributed by atoms with Crippen LogP contribution < -0.4 is 10.2 Å². The molecule has 1 aromatic heterocycles. The molecule has 1 aromatic carbocycles. The van der Waals surface area contributed by atoms with E-state index in [1.807, 2.05) is 42.8 Å². The highest BCUT2D eigenvalue weighted by molar-refractivity contribution is 7.08. The van der Waals surface area contributed by atoms with Gasteiger partial charge in [0.1, 0.15) is 0 Å². The number of rotatable bonds is 3. The predicted octanol–water partition coefficient (Wildman–Crippen LogP) is 3.70. The topological polar surface area (TPSA) is 58.6 Å². The van der Waals surface area contributed by atoms with Gasteiger partial charge < -0.3 is 10.1 Å². The van der Waals surface area contributed by atoms with Gasteiger partial charge in [-0.25, -0.2) is 0 Å². The van der Waals surface area contributed by atoms with Gasteiger partial charge in [-0.3, -0.25) is 14.5 Å². The number of carbonyl (C=O) groups excluding carboxylic acids is 2. The van der Waals surface area contributed by atoms with Gasteiger partial charge in [-0.2, -0.15) is 11.3 Å². The van der Waals surface area contributed by atoms with Crippen molar-refractivity contribution in [2.24, 2.45) is 5.92 Å². The molecule has 1 aliphatic carbocycles. The van der Waals surface area contributed by atoms with Crippen molar-refractivity contribution in [2.75, 3.05) is 4.90 Å². The minimum absolute atomic E-state index is 0.00936. The number of anilines is 1. The molecular weight excluding hydrogens is 372 g/mol. The molecular formula is C22H20N2O3S. The number of thiophene rings is 1. The molecule has 2 amide bonds. The van der Waals surface area contributed by atoms with Gasteiger partial charge in [-0.1, -0.05) is 24.3 Å². The molecule has 0 bridgehead atoms. The van der Waals surface area contributed by atoms with Crippen LogP contribution in [0.3, 0.4) is 0 Å². The standard InChI is InChI=1S/C22H20N2O3S/c1-12-13(2)22(24(21(12)26)15-7-8-28-11-15)27-10-18-17-9-14-5-3-4-6-16(14)19(17)23-20(18)25/h3-8,10-11,17,19,22H,9H2,1-2H3,(H,23,25)/b18-10+. The Balaban J connectivity index is 1.44. The lowest BCUT2D eigenvalue weighted by Crippen LogP contribution is -2.36. The molecule has 3 heterocycles. The molecule has 28 heavy (non-hydrogen) atoms. The maximum atomic E-state index is 12.7. The molecule has 5 nitrogen and oxygen atoms in total. The highest BCUT2D eigenvalue weighted by atomic mass is 32.1. The van der Waals surface area contributed by atoms with E-state index >= 15 is 0 Å². The predicted molar refractivity (Wildman–Crippen MR) is 108 cm³/mol. The second kappa shape index (κ2) is 6.34. The minimum Gasteiger partial charge on any atom is -0.473 e. The van der Waals surface area contributed by atoms with Gasteiger partial charge in [-0.05, 0) is 48.4 Å². The van der Waals surface area contributed by atoms with Crippen LogP contribution in [0.5, 0.6) is 0 Å². The normalized spacial score (nSPS) is 27.4. The lowest BCUT2D eigenvalue weighted by atomic mass is 9.97. The lowest BCUT2D eigenvalue weighted by Gasteiger charge is -2.25. The van der Waals surface area contributed by atoms with Crippen molar-refractivity contribution in [2.45, 2.75) is 32.5 Å². The van der Waals surface area contributed by atoms with Gasteiger partial charge in [0.2, 0.25) is 6.23 Å². The fourth-order valence-corrected chi connectivity index (χ4v) is 5.01. The van der Waals surface area contributed by atoms with Crippen LogP contribution in [-0.2, 0) is 20.7 Å². The van der Waals surface area contributed by atoms with E-state index in [1.165, 1.54) is 22.5 Å². The van der Waals surface area contributed by atoms with E-state index in [0.29, 0.717) is 11.1 Å². The molecule has 0 spiro atoms. The molecule has 142 valence electrons. The van der Waals surface area contributed by atoms with Crippen molar-refractivity contribution in [3.63, 3.8) is 0 Å². The molecule has 6 heteroatoms. The molecule has 1 N–H and O–H groups in total. The maximum absolute atomic E-state index is 12.7. The smallest absolute Gasteiger partial charge is 0.257 e. The Labute approximate surface area is 167 Å². The van der Waals surface area contributed by atoms with Crippen LogP contribution in [0.25, 0.3) is 0 Å². The van der Waals surface area contributed by atoms with Crippen LogP contribution in [0.4, 0.5) is 5.69 Å². The molecule has 3 unspecified atom stereocenters. The van der Waals surface area contributed by atoms with Crippen LogP contribution in [0.1, 0.15) is 31.0 Å². The fraction of sp³-hybridized carbons (Fsp3) is 0.273. The van der Waals surface area contributed by atoms with E-state index in [4.69, 9.17) is 4.74 Å². The first kappa shape index (κ1) is 17.3. The first-order valence-corrected chi connectivity index (χ1v) is 10.3. The zero-order valence-corrected chi connectivity index (χ0v) is 16.5. The Kier molecular flexibility index (Phi) is 3.91. The third-order valence-electron chi connectivity index (χ3n) is 6.02. The van der Waals surface area contributed by atoms with E-state index in [9.17, 15) is 9.59 Å². The summed E-state index contributed by atoms with van der Waals surface area (Å²) in [4.78, 5) is 26.9.